The number of hydrogen-bond donors (Lipinski definition) is 1. The standard InChI is InChI=1S/C15H15N3O3/c19-14(20)6-10-18(11-13-3-1-2-7-17-13)15(21)12-4-8-16-9-5-12/h1-5,7-9H,6,10-11H2,(H,19,20). The summed E-state index contributed by atoms with van der Waals surface area (Å²) in [5.74, 6) is -1.17. The van der Waals surface area contributed by atoms with Crippen LogP contribution in [-0.2, 0) is 11.3 Å². The fourth-order valence-corrected chi connectivity index (χ4v) is 1.85. The lowest BCUT2D eigenvalue weighted by atomic mass is 10.2. The predicted octanol–water partition coefficient (Wildman–Crippen LogP) is 1.59. The molecule has 0 saturated carbocycles. The van der Waals surface area contributed by atoms with E-state index < -0.39 is 5.97 Å². The van der Waals surface area contributed by atoms with Crippen molar-refractivity contribution in [3.63, 3.8) is 0 Å². The number of aromatic nitrogens is 2. The van der Waals surface area contributed by atoms with Crippen LogP contribution in [0.25, 0.3) is 0 Å². The van der Waals surface area contributed by atoms with E-state index in [4.69, 9.17) is 5.11 Å². The Hall–Kier alpha value is -2.76. The Labute approximate surface area is 122 Å². The Bertz CT molecular complexity index is 602. The zero-order valence-corrected chi connectivity index (χ0v) is 11.3. The van der Waals surface area contributed by atoms with Gasteiger partial charge in [-0.15, -0.1) is 0 Å². The third kappa shape index (κ3) is 4.38. The molecule has 6 heteroatoms. The summed E-state index contributed by atoms with van der Waals surface area (Å²) in [7, 11) is 0. The van der Waals surface area contributed by atoms with E-state index in [2.05, 4.69) is 9.97 Å². The lowest BCUT2D eigenvalue weighted by Crippen LogP contribution is -2.32. The minimum atomic E-state index is -0.941. The van der Waals surface area contributed by atoms with Gasteiger partial charge in [0, 0.05) is 30.7 Å². The summed E-state index contributed by atoms with van der Waals surface area (Å²) in [4.78, 5) is 32.7. The van der Waals surface area contributed by atoms with E-state index in [0.29, 0.717) is 11.3 Å². The molecule has 0 bridgehead atoms. The number of amides is 1. The highest BCUT2D eigenvalue weighted by atomic mass is 16.4. The summed E-state index contributed by atoms with van der Waals surface area (Å²) in [5.41, 5.74) is 1.19. The van der Waals surface area contributed by atoms with Crippen molar-refractivity contribution in [1.29, 1.82) is 0 Å². The van der Waals surface area contributed by atoms with E-state index in [-0.39, 0.29) is 25.4 Å². The molecule has 0 aliphatic rings. The molecule has 0 unspecified atom stereocenters. The van der Waals surface area contributed by atoms with E-state index in [1.54, 1.807) is 30.5 Å². The van der Waals surface area contributed by atoms with Crippen LogP contribution in [0.3, 0.4) is 0 Å². The number of carboxylic acid groups (broad SMARTS) is 1. The van der Waals surface area contributed by atoms with Crippen molar-refractivity contribution in [3.8, 4) is 0 Å². The average Bonchev–Trinajstić information content (AvgIpc) is 2.52. The first-order chi connectivity index (χ1) is 10.2. The third-order valence-electron chi connectivity index (χ3n) is 2.89. The molecule has 1 N–H and O–H groups in total. The smallest absolute Gasteiger partial charge is 0.305 e. The van der Waals surface area contributed by atoms with Gasteiger partial charge < -0.3 is 10.0 Å². The fourth-order valence-electron chi connectivity index (χ4n) is 1.85. The maximum atomic E-state index is 12.4. The van der Waals surface area contributed by atoms with Gasteiger partial charge in [-0.1, -0.05) is 6.07 Å². The predicted molar refractivity (Wildman–Crippen MR) is 75.5 cm³/mol. The van der Waals surface area contributed by atoms with Gasteiger partial charge in [0.1, 0.15) is 0 Å². The molecule has 0 saturated heterocycles. The minimum Gasteiger partial charge on any atom is -0.481 e. The molecule has 0 atom stereocenters. The van der Waals surface area contributed by atoms with Crippen LogP contribution in [-0.4, -0.2) is 38.4 Å². The second kappa shape index (κ2) is 7.14. The van der Waals surface area contributed by atoms with Crippen LogP contribution in [0, 0.1) is 0 Å². The van der Waals surface area contributed by atoms with Gasteiger partial charge in [-0.25, -0.2) is 0 Å². The summed E-state index contributed by atoms with van der Waals surface area (Å²) in [6.45, 7) is 0.405. The summed E-state index contributed by atoms with van der Waals surface area (Å²) in [5, 5.41) is 8.82. The second-order valence-corrected chi connectivity index (χ2v) is 4.43. The quantitative estimate of drug-likeness (QED) is 0.871. The van der Waals surface area contributed by atoms with Crippen LogP contribution in [0.2, 0.25) is 0 Å². The lowest BCUT2D eigenvalue weighted by molar-refractivity contribution is -0.137. The summed E-state index contributed by atoms with van der Waals surface area (Å²) < 4.78 is 0. The number of carboxylic acids is 1. The molecule has 21 heavy (non-hydrogen) atoms. The van der Waals surface area contributed by atoms with Crippen LogP contribution < -0.4 is 0 Å². The van der Waals surface area contributed by atoms with Gasteiger partial charge in [0.05, 0.1) is 18.7 Å². The number of nitrogens with zero attached hydrogens (tertiary/aromatic N) is 3. The molecule has 2 heterocycles. The largest absolute Gasteiger partial charge is 0.481 e. The van der Waals surface area contributed by atoms with Gasteiger partial charge in [0.25, 0.3) is 5.91 Å². The molecular weight excluding hydrogens is 270 g/mol. The molecule has 0 aliphatic heterocycles. The Kier molecular flexibility index (Phi) is 4.98. The van der Waals surface area contributed by atoms with Crippen molar-refractivity contribution in [1.82, 2.24) is 14.9 Å². The molecule has 2 rings (SSSR count). The third-order valence-corrected chi connectivity index (χ3v) is 2.89. The van der Waals surface area contributed by atoms with Gasteiger partial charge in [-0.05, 0) is 24.3 Å². The Balaban J connectivity index is 2.15. The lowest BCUT2D eigenvalue weighted by Gasteiger charge is -2.21. The first-order valence-electron chi connectivity index (χ1n) is 6.48. The van der Waals surface area contributed by atoms with Crippen LogP contribution in [0.5, 0.6) is 0 Å². The summed E-state index contributed by atoms with van der Waals surface area (Å²) in [6, 6.07) is 8.63. The van der Waals surface area contributed by atoms with Crippen molar-refractivity contribution in [2.45, 2.75) is 13.0 Å². The first-order valence-corrected chi connectivity index (χ1v) is 6.48. The average molecular weight is 285 g/mol. The minimum absolute atomic E-state index is 0.107. The molecule has 6 nitrogen and oxygen atoms in total. The van der Waals surface area contributed by atoms with E-state index in [9.17, 15) is 9.59 Å². The molecule has 2 aromatic heterocycles. The topological polar surface area (TPSA) is 83.4 Å². The SMILES string of the molecule is O=C(O)CCN(Cc1ccccn1)C(=O)c1ccncc1. The molecule has 0 radical (unpaired) electrons. The van der Waals surface area contributed by atoms with Crippen molar-refractivity contribution < 1.29 is 14.7 Å². The fraction of sp³-hybridized carbons (Fsp3) is 0.200. The zero-order valence-electron chi connectivity index (χ0n) is 11.3. The number of carbonyl (C=O) groups excluding carboxylic acids is 1. The van der Waals surface area contributed by atoms with Gasteiger partial charge in [-0.2, -0.15) is 0 Å². The first kappa shape index (κ1) is 14.6. The number of hydrogen-bond acceptors (Lipinski definition) is 4. The van der Waals surface area contributed by atoms with Crippen molar-refractivity contribution in [2.24, 2.45) is 0 Å². The van der Waals surface area contributed by atoms with Crippen LogP contribution >= 0.6 is 0 Å². The molecule has 0 aromatic carbocycles. The van der Waals surface area contributed by atoms with E-state index in [0.717, 1.165) is 0 Å². The Morgan fingerprint density at radius 1 is 1.10 bits per heavy atom. The molecule has 0 aliphatic carbocycles. The molecule has 108 valence electrons. The number of aliphatic carboxylic acids is 1. The monoisotopic (exact) mass is 285 g/mol. The van der Waals surface area contributed by atoms with Crippen LogP contribution in [0.15, 0.2) is 48.9 Å². The number of pyridine rings is 2. The highest BCUT2D eigenvalue weighted by molar-refractivity contribution is 5.94. The van der Waals surface area contributed by atoms with Gasteiger partial charge >= 0.3 is 5.97 Å². The highest BCUT2D eigenvalue weighted by Crippen LogP contribution is 2.09. The van der Waals surface area contributed by atoms with Crippen molar-refractivity contribution in [2.75, 3.05) is 6.54 Å². The van der Waals surface area contributed by atoms with Gasteiger partial charge in [0.2, 0.25) is 0 Å². The van der Waals surface area contributed by atoms with Crippen molar-refractivity contribution in [3.05, 3.63) is 60.2 Å². The van der Waals surface area contributed by atoms with E-state index in [1.807, 2.05) is 6.07 Å². The highest BCUT2D eigenvalue weighted by Gasteiger charge is 2.17. The molecule has 0 fully saturated rings. The molecule has 2 aromatic rings. The zero-order chi connectivity index (χ0) is 15.1. The normalized spacial score (nSPS) is 10.1. The number of rotatable bonds is 6. The second-order valence-electron chi connectivity index (χ2n) is 4.43. The van der Waals surface area contributed by atoms with Crippen LogP contribution in [0.4, 0.5) is 0 Å². The van der Waals surface area contributed by atoms with Gasteiger partial charge in [0.15, 0.2) is 0 Å². The maximum absolute atomic E-state index is 12.4. The molecule has 1 amide bonds. The Morgan fingerprint density at radius 2 is 1.86 bits per heavy atom. The van der Waals surface area contributed by atoms with E-state index in [1.165, 1.54) is 17.3 Å². The molecular formula is C15H15N3O3. The Morgan fingerprint density at radius 3 is 2.48 bits per heavy atom. The maximum Gasteiger partial charge on any atom is 0.305 e. The summed E-state index contributed by atoms with van der Waals surface area (Å²) >= 11 is 0. The van der Waals surface area contributed by atoms with Gasteiger partial charge in [-0.3, -0.25) is 19.6 Å². The van der Waals surface area contributed by atoms with E-state index >= 15 is 0 Å². The van der Waals surface area contributed by atoms with Crippen molar-refractivity contribution >= 4 is 11.9 Å². The number of carbonyl (C=O) groups is 2. The van der Waals surface area contributed by atoms with Crippen LogP contribution in [0.1, 0.15) is 22.5 Å². The molecule has 0 spiro atoms. The summed E-state index contributed by atoms with van der Waals surface area (Å²) in [6.07, 6.45) is 4.60.